The van der Waals surface area contributed by atoms with Gasteiger partial charge in [-0.05, 0) is 50.3 Å². The molecule has 0 spiro atoms. The first kappa shape index (κ1) is 23.8. The summed E-state index contributed by atoms with van der Waals surface area (Å²) >= 11 is 0. The summed E-state index contributed by atoms with van der Waals surface area (Å²) in [6, 6.07) is 6.43. The molecule has 7 nitrogen and oxygen atoms in total. The lowest BCUT2D eigenvalue weighted by Crippen LogP contribution is -2.41. The number of nitrogens with zero attached hydrogens (tertiary/aromatic N) is 1. The van der Waals surface area contributed by atoms with E-state index in [1.807, 2.05) is 19.1 Å². The SMILES string of the molecule is CCOc1cc(CCCNC(=NC)NCCC(=O)NC2CCCCC2)ccc1OC. The lowest BCUT2D eigenvalue weighted by Gasteiger charge is -2.22. The van der Waals surface area contributed by atoms with Crippen LogP contribution in [-0.4, -0.2) is 51.8 Å². The van der Waals surface area contributed by atoms with Crippen LogP contribution in [0.15, 0.2) is 23.2 Å². The first-order valence-corrected chi connectivity index (χ1v) is 11.2. The third-order valence-corrected chi connectivity index (χ3v) is 5.30. The van der Waals surface area contributed by atoms with Crippen LogP contribution in [-0.2, 0) is 11.2 Å². The summed E-state index contributed by atoms with van der Waals surface area (Å²) in [5.74, 6) is 2.39. The lowest BCUT2D eigenvalue weighted by atomic mass is 9.95. The molecule has 2 rings (SSSR count). The second-order valence-electron chi connectivity index (χ2n) is 7.60. The van der Waals surface area contributed by atoms with Crippen molar-refractivity contribution >= 4 is 11.9 Å². The van der Waals surface area contributed by atoms with E-state index in [-0.39, 0.29) is 5.91 Å². The highest BCUT2D eigenvalue weighted by Crippen LogP contribution is 2.28. The third kappa shape index (κ3) is 8.51. The van der Waals surface area contributed by atoms with Gasteiger partial charge in [-0.3, -0.25) is 9.79 Å². The number of amides is 1. The van der Waals surface area contributed by atoms with Crippen molar-refractivity contribution in [2.24, 2.45) is 4.99 Å². The van der Waals surface area contributed by atoms with Crippen molar-refractivity contribution in [3.05, 3.63) is 23.8 Å². The van der Waals surface area contributed by atoms with Gasteiger partial charge in [0.2, 0.25) is 5.91 Å². The molecular weight excluding hydrogens is 380 g/mol. The molecule has 3 N–H and O–H groups in total. The molecule has 0 aromatic heterocycles. The number of hydrogen-bond donors (Lipinski definition) is 3. The molecule has 168 valence electrons. The predicted octanol–water partition coefficient (Wildman–Crippen LogP) is 3.03. The van der Waals surface area contributed by atoms with Crippen molar-refractivity contribution in [3.63, 3.8) is 0 Å². The van der Waals surface area contributed by atoms with Crippen LogP contribution in [0.4, 0.5) is 0 Å². The average Bonchev–Trinajstić information content (AvgIpc) is 2.76. The number of hydrogen-bond acceptors (Lipinski definition) is 4. The van der Waals surface area contributed by atoms with E-state index in [0.29, 0.717) is 25.6 Å². The molecule has 30 heavy (non-hydrogen) atoms. The van der Waals surface area contributed by atoms with Gasteiger partial charge in [-0.25, -0.2) is 0 Å². The van der Waals surface area contributed by atoms with Crippen LogP contribution in [0.2, 0.25) is 0 Å². The second-order valence-corrected chi connectivity index (χ2v) is 7.60. The monoisotopic (exact) mass is 418 g/mol. The van der Waals surface area contributed by atoms with Crippen molar-refractivity contribution in [2.75, 3.05) is 33.9 Å². The molecule has 0 heterocycles. The zero-order chi connectivity index (χ0) is 21.6. The maximum atomic E-state index is 12.1. The molecule has 0 atom stereocenters. The Morgan fingerprint density at radius 3 is 2.60 bits per heavy atom. The van der Waals surface area contributed by atoms with Gasteiger partial charge in [0.15, 0.2) is 17.5 Å². The van der Waals surface area contributed by atoms with Crippen LogP contribution < -0.4 is 25.4 Å². The Bertz CT molecular complexity index is 672. The molecule has 1 saturated carbocycles. The quantitative estimate of drug-likeness (QED) is 0.292. The number of methoxy groups -OCH3 is 1. The number of nitrogens with one attached hydrogen (secondary N) is 3. The smallest absolute Gasteiger partial charge is 0.221 e. The first-order chi connectivity index (χ1) is 14.7. The number of rotatable bonds is 11. The zero-order valence-corrected chi connectivity index (χ0v) is 18.8. The van der Waals surface area contributed by atoms with Gasteiger partial charge in [0.1, 0.15) is 0 Å². The highest BCUT2D eigenvalue weighted by Gasteiger charge is 2.15. The van der Waals surface area contributed by atoms with E-state index in [1.165, 1.54) is 24.8 Å². The first-order valence-electron chi connectivity index (χ1n) is 11.2. The maximum Gasteiger partial charge on any atom is 0.221 e. The van der Waals surface area contributed by atoms with E-state index in [2.05, 4.69) is 27.0 Å². The number of guanidine groups is 1. The highest BCUT2D eigenvalue weighted by molar-refractivity contribution is 5.81. The molecule has 0 bridgehead atoms. The summed E-state index contributed by atoms with van der Waals surface area (Å²) in [6.45, 7) is 3.95. The van der Waals surface area contributed by atoms with Crippen LogP contribution in [0.25, 0.3) is 0 Å². The number of aliphatic imine (C=N–C) groups is 1. The minimum absolute atomic E-state index is 0.120. The zero-order valence-electron chi connectivity index (χ0n) is 18.8. The number of carbonyl (C=O) groups is 1. The Balaban J connectivity index is 1.63. The summed E-state index contributed by atoms with van der Waals surface area (Å²) in [7, 11) is 3.40. The Morgan fingerprint density at radius 2 is 1.90 bits per heavy atom. The number of benzene rings is 1. The minimum atomic E-state index is 0.120. The maximum absolute atomic E-state index is 12.1. The molecule has 0 aliphatic heterocycles. The van der Waals surface area contributed by atoms with Gasteiger partial charge in [-0.1, -0.05) is 25.3 Å². The predicted molar refractivity (Wildman–Crippen MR) is 121 cm³/mol. The van der Waals surface area contributed by atoms with Crippen LogP contribution in [0.5, 0.6) is 11.5 Å². The van der Waals surface area contributed by atoms with Gasteiger partial charge in [-0.2, -0.15) is 0 Å². The fourth-order valence-corrected chi connectivity index (χ4v) is 3.71. The molecule has 0 saturated heterocycles. The van der Waals surface area contributed by atoms with Crippen LogP contribution in [0.1, 0.15) is 57.4 Å². The Hall–Kier alpha value is -2.44. The summed E-state index contributed by atoms with van der Waals surface area (Å²) < 4.78 is 11.0. The van der Waals surface area contributed by atoms with Crippen molar-refractivity contribution in [1.29, 1.82) is 0 Å². The lowest BCUT2D eigenvalue weighted by molar-refractivity contribution is -0.121. The summed E-state index contributed by atoms with van der Waals surface area (Å²) in [4.78, 5) is 16.3. The van der Waals surface area contributed by atoms with Gasteiger partial charge < -0.3 is 25.4 Å². The molecule has 1 fully saturated rings. The van der Waals surface area contributed by atoms with Gasteiger partial charge in [0, 0.05) is 32.6 Å². The summed E-state index contributed by atoms with van der Waals surface area (Å²) in [6.07, 6.45) is 8.32. The van der Waals surface area contributed by atoms with Crippen LogP contribution >= 0.6 is 0 Å². The molecular formula is C23H38N4O3. The number of ether oxygens (including phenoxy) is 2. The van der Waals surface area contributed by atoms with Gasteiger partial charge in [-0.15, -0.1) is 0 Å². The Morgan fingerprint density at radius 1 is 1.13 bits per heavy atom. The molecule has 1 aromatic carbocycles. The van der Waals surface area contributed by atoms with E-state index in [0.717, 1.165) is 49.7 Å². The normalized spacial score (nSPS) is 14.8. The highest BCUT2D eigenvalue weighted by atomic mass is 16.5. The molecule has 0 radical (unpaired) electrons. The summed E-state index contributed by atoms with van der Waals surface area (Å²) in [5, 5.41) is 9.67. The van der Waals surface area contributed by atoms with E-state index in [4.69, 9.17) is 9.47 Å². The van der Waals surface area contributed by atoms with Gasteiger partial charge in [0.05, 0.1) is 13.7 Å². The number of carbonyl (C=O) groups excluding carboxylic acids is 1. The van der Waals surface area contributed by atoms with Gasteiger partial charge >= 0.3 is 0 Å². The van der Waals surface area contributed by atoms with E-state index in [9.17, 15) is 4.79 Å². The standard InChI is InChI=1S/C23H38N4O3/c1-4-30-21-17-18(12-13-20(21)29-3)9-8-15-25-23(24-2)26-16-14-22(28)27-19-10-6-5-7-11-19/h12-13,17,19H,4-11,14-16H2,1-3H3,(H,27,28)(H2,24,25,26). The van der Waals surface area contributed by atoms with E-state index < -0.39 is 0 Å². The largest absolute Gasteiger partial charge is 0.493 e. The van der Waals surface area contributed by atoms with E-state index >= 15 is 0 Å². The van der Waals surface area contributed by atoms with E-state index in [1.54, 1.807) is 14.2 Å². The summed E-state index contributed by atoms with van der Waals surface area (Å²) in [5.41, 5.74) is 1.21. The Kier molecular flexibility index (Phi) is 10.9. The van der Waals surface area contributed by atoms with Crippen LogP contribution in [0, 0.1) is 0 Å². The topological polar surface area (TPSA) is 84.0 Å². The molecule has 0 unspecified atom stereocenters. The average molecular weight is 419 g/mol. The second kappa shape index (κ2) is 13.7. The third-order valence-electron chi connectivity index (χ3n) is 5.30. The minimum Gasteiger partial charge on any atom is -0.493 e. The fraction of sp³-hybridized carbons (Fsp3) is 0.652. The van der Waals surface area contributed by atoms with Crippen LogP contribution in [0.3, 0.4) is 0 Å². The van der Waals surface area contributed by atoms with Crippen molar-refractivity contribution < 1.29 is 14.3 Å². The fourth-order valence-electron chi connectivity index (χ4n) is 3.71. The molecule has 1 aliphatic rings. The van der Waals surface area contributed by atoms with Crippen molar-refractivity contribution in [2.45, 2.75) is 64.3 Å². The molecule has 7 heteroatoms. The Labute approximate surface area is 181 Å². The molecule has 1 aliphatic carbocycles. The van der Waals surface area contributed by atoms with Crippen molar-refractivity contribution in [1.82, 2.24) is 16.0 Å². The van der Waals surface area contributed by atoms with Crippen molar-refractivity contribution in [3.8, 4) is 11.5 Å². The molecule has 1 aromatic rings. The number of aryl methyl sites for hydroxylation is 1. The molecule has 1 amide bonds. The van der Waals surface area contributed by atoms with Gasteiger partial charge in [0.25, 0.3) is 0 Å².